The molecule has 1 unspecified atom stereocenters. The third-order valence-electron chi connectivity index (χ3n) is 1.40. The lowest BCUT2D eigenvalue weighted by atomic mass is 10.2. The highest BCUT2D eigenvalue weighted by molar-refractivity contribution is 5.80. The largest absolute Gasteiger partial charge is 0.385 e. The summed E-state index contributed by atoms with van der Waals surface area (Å²) in [5.74, 6) is -0.298. The van der Waals surface area contributed by atoms with Crippen molar-refractivity contribution in [3.8, 4) is 0 Å². The Morgan fingerprint density at radius 1 is 1.58 bits per heavy atom. The highest BCUT2D eigenvalue weighted by atomic mass is 16.6. The van der Waals surface area contributed by atoms with Gasteiger partial charge in [-0.15, -0.1) is 0 Å². The van der Waals surface area contributed by atoms with Crippen molar-refractivity contribution in [2.45, 2.75) is 18.9 Å². The predicted molar refractivity (Wildman–Crippen MR) is 44.2 cm³/mol. The van der Waals surface area contributed by atoms with Crippen LogP contribution < -0.4 is 11.2 Å². The number of carbonyl (C=O) groups is 1. The number of nitrogens with one attached hydrogen (secondary N) is 1. The van der Waals surface area contributed by atoms with Crippen LogP contribution in [0.15, 0.2) is 0 Å². The topological polar surface area (TPSA) is 73.6 Å². The molecule has 0 radical (unpaired) electrons. The van der Waals surface area contributed by atoms with Gasteiger partial charge in [-0.2, -0.15) is 0 Å². The monoisotopic (exact) mass is 176 g/mol. The van der Waals surface area contributed by atoms with Gasteiger partial charge in [0, 0.05) is 13.7 Å². The lowest BCUT2D eigenvalue weighted by Crippen LogP contribution is -2.40. The van der Waals surface area contributed by atoms with Crippen LogP contribution in [0.2, 0.25) is 0 Å². The summed E-state index contributed by atoms with van der Waals surface area (Å²) in [6.07, 6.45) is 1.37. The van der Waals surface area contributed by atoms with E-state index in [0.717, 1.165) is 6.42 Å². The van der Waals surface area contributed by atoms with Crippen molar-refractivity contribution in [2.24, 2.45) is 5.73 Å². The number of ether oxygens (including phenoxy) is 1. The van der Waals surface area contributed by atoms with E-state index >= 15 is 0 Å². The molecule has 5 nitrogen and oxygen atoms in total. The average Bonchev–Trinajstić information content (AvgIpc) is 2.05. The molecule has 0 spiro atoms. The summed E-state index contributed by atoms with van der Waals surface area (Å²) in [7, 11) is 2.99. The second-order valence-corrected chi connectivity index (χ2v) is 2.41. The van der Waals surface area contributed by atoms with Gasteiger partial charge in [-0.1, -0.05) is 0 Å². The minimum absolute atomic E-state index is 0.298. The summed E-state index contributed by atoms with van der Waals surface area (Å²) in [6, 6.07) is -0.514. The molecule has 0 aromatic carbocycles. The zero-order valence-corrected chi connectivity index (χ0v) is 7.50. The van der Waals surface area contributed by atoms with Crippen LogP contribution in [0.4, 0.5) is 0 Å². The Bertz CT molecular complexity index is 130. The molecule has 1 amide bonds. The summed E-state index contributed by atoms with van der Waals surface area (Å²) >= 11 is 0. The van der Waals surface area contributed by atoms with E-state index in [2.05, 4.69) is 10.3 Å². The standard InChI is InChI=1S/C7H16N2O3/c1-11-5-3-4-6(8)7(10)9-12-2/h6H,3-5,8H2,1-2H3,(H,9,10). The zero-order valence-electron chi connectivity index (χ0n) is 7.50. The molecular weight excluding hydrogens is 160 g/mol. The number of nitrogens with two attached hydrogens (primary N) is 1. The molecule has 0 saturated heterocycles. The van der Waals surface area contributed by atoms with Gasteiger partial charge in [0.1, 0.15) is 0 Å². The van der Waals surface area contributed by atoms with Crippen LogP contribution in [0.5, 0.6) is 0 Å². The van der Waals surface area contributed by atoms with E-state index in [1.807, 2.05) is 0 Å². The van der Waals surface area contributed by atoms with Crippen molar-refractivity contribution < 1.29 is 14.4 Å². The molecule has 1 atom stereocenters. The fourth-order valence-electron chi connectivity index (χ4n) is 0.755. The van der Waals surface area contributed by atoms with Crippen molar-refractivity contribution in [3.63, 3.8) is 0 Å². The Morgan fingerprint density at radius 3 is 2.75 bits per heavy atom. The van der Waals surface area contributed by atoms with E-state index in [0.29, 0.717) is 13.0 Å². The second-order valence-electron chi connectivity index (χ2n) is 2.41. The first kappa shape index (κ1) is 11.4. The maximum atomic E-state index is 10.9. The third kappa shape index (κ3) is 5.06. The molecular formula is C7H16N2O3. The smallest absolute Gasteiger partial charge is 0.260 e. The van der Waals surface area contributed by atoms with Gasteiger partial charge in [0.25, 0.3) is 5.91 Å². The van der Waals surface area contributed by atoms with Crippen molar-refractivity contribution in [2.75, 3.05) is 20.8 Å². The molecule has 0 fully saturated rings. The van der Waals surface area contributed by atoms with Gasteiger partial charge in [0.15, 0.2) is 0 Å². The van der Waals surface area contributed by atoms with Crippen LogP contribution in [0.25, 0.3) is 0 Å². The van der Waals surface area contributed by atoms with E-state index in [9.17, 15) is 4.79 Å². The summed E-state index contributed by atoms with van der Waals surface area (Å²) in [4.78, 5) is 15.4. The Hall–Kier alpha value is -0.650. The number of rotatable bonds is 6. The first-order valence-corrected chi connectivity index (χ1v) is 3.79. The molecule has 0 saturated carbocycles. The molecule has 0 rings (SSSR count). The van der Waals surface area contributed by atoms with Gasteiger partial charge >= 0.3 is 0 Å². The van der Waals surface area contributed by atoms with Gasteiger partial charge in [-0.3, -0.25) is 9.63 Å². The molecule has 12 heavy (non-hydrogen) atoms. The maximum Gasteiger partial charge on any atom is 0.260 e. The van der Waals surface area contributed by atoms with E-state index in [-0.39, 0.29) is 5.91 Å². The van der Waals surface area contributed by atoms with Crippen molar-refractivity contribution >= 4 is 5.91 Å². The Balaban J connectivity index is 3.42. The highest BCUT2D eigenvalue weighted by Gasteiger charge is 2.11. The van der Waals surface area contributed by atoms with Gasteiger partial charge in [-0.25, -0.2) is 5.48 Å². The zero-order chi connectivity index (χ0) is 9.40. The summed E-state index contributed by atoms with van der Waals surface area (Å²) in [5.41, 5.74) is 7.66. The van der Waals surface area contributed by atoms with Crippen LogP contribution in [0.3, 0.4) is 0 Å². The van der Waals surface area contributed by atoms with Crippen LogP contribution in [0.1, 0.15) is 12.8 Å². The van der Waals surface area contributed by atoms with Crippen LogP contribution in [-0.2, 0) is 14.4 Å². The van der Waals surface area contributed by atoms with E-state index in [1.165, 1.54) is 7.11 Å². The lowest BCUT2D eigenvalue weighted by molar-refractivity contribution is -0.132. The molecule has 0 aliphatic rings. The molecule has 3 N–H and O–H groups in total. The molecule has 0 aliphatic heterocycles. The fourth-order valence-corrected chi connectivity index (χ4v) is 0.755. The van der Waals surface area contributed by atoms with Crippen LogP contribution in [-0.4, -0.2) is 32.8 Å². The molecule has 0 heterocycles. The molecule has 0 bridgehead atoms. The van der Waals surface area contributed by atoms with E-state index in [4.69, 9.17) is 10.5 Å². The third-order valence-corrected chi connectivity index (χ3v) is 1.40. The minimum atomic E-state index is -0.514. The van der Waals surface area contributed by atoms with Crippen LogP contribution in [0, 0.1) is 0 Å². The number of hydrogen-bond acceptors (Lipinski definition) is 4. The van der Waals surface area contributed by atoms with Gasteiger partial charge in [0.05, 0.1) is 13.2 Å². The van der Waals surface area contributed by atoms with Crippen molar-refractivity contribution in [3.05, 3.63) is 0 Å². The number of carbonyl (C=O) groups excluding carboxylic acids is 1. The Labute approximate surface area is 72.2 Å². The first-order chi connectivity index (χ1) is 5.72. The average molecular weight is 176 g/mol. The second kappa shape index (κ2) is 7.02. The van der Waals surface area contributed by atoms with Crippen molar-refractivity contribution in [1.82, 2.24) is 5.48 Å². The fraction of sp³-hybridized carbons (Fsp3) is 0.857. The summed E-state index contributed by atoms with van der Waals surface area (Å²) in [6.45, 7) is 0.619. The lowest BCUT2D eigenvalue weighted by Gasteiger charge is -2.09. The normalized spacial score (nSPS) is 12.6. The number of hydroxylamine groups is 1. The summed E-state index contributed by atoms with van der Waals surface area (Å²) < 4.78 is 4.81. The molecule has 0 aromatic heterocycles. The molecule has 5 heteroatoms. The van der Waals surface area contributed by atoms with E-state index in [1.54, 1.807) is 7.11 Å². The van der Waals surface area contributed by atoms with E-state index < -0.39 is 6.04 Å². The SMILES string of the molecule is COCCCC(N)C(=O)NOC. The molecule has 0 aliphatic carbocycles. The van der Waals surface area contributed by atoms with Gasteiger partial charge < -0.3 is 10.5 Å². The Kier molecular flexibility index (Phi) is 6.64. The van der Waals surface area contributed by atoms with Crippen molar-refractivity contribution in [1.29, 1.82) is 0 Å². The number of amides is 1. The summed E-state index contributed by atoms with van der Waals surface area (Å²) in [5, 5.41) is 0. The molecule has 0 aromatic rings. The number of hydrogen-bond donors (Lipinski definition) is 2. The highest BCUT2D eigenvalue weighted by Crippen LogP contribution is 1.94. The predicted octanol–water partition coefficient (Wildman–Crippen LogP) is -0.582. The Morgan fingerprint density at radius 2 is 2.25 bits per heavy atom. The number of methoxy groups -OCH3 is 1. The minimum Gasteiger partial charge on any atom is -0.385 e. The quantitative estimate of drug-likeness (QED) is 0.419. The first-order valence-electron chi connectivity index (χ1n) is 3.79. The van der Waals surface area contributed by atoms with Gasteiger partial charge in [0.2, 0.25) is 0 Å². The van der Waals surface area contributed by atoms with Crippen LogP contribution >= 0.6 is 0 Å². The molecule has 72 valence electrons. The maximum absolute atomic E-state index is 10.9. The van der Waals surface area contributed by atoms with Gasteiger partial charge in [-0.05, 0) is 12.8 Å².